The van der Waals surface area contributed by atoms with Gasteiger partial charge in [0.1, 0.15) is 6.17 Å². The topological polar surface area (TPSA) is 15.3 Å². The van der Waals surface area contributed by atoms with Gasteiger partial charge in [0, 0.05) is 31.2 Å². The van der Waals surface area contributed by atoms with E-state index in [0.717, 1.165) is 25.4 Å². The van der Waals surface area contributed by atoms with E-state index in [0.29, 0.717) is 18.6 Å². The van der Waals surface area contributed by atoms with Gasteiger partial charge in [-0.25, -0.2) is 4.39 Å². The van der Waals surface area contributed by atoms with Crippen molar-refractivity contribution >= 4 is 0 Å². The molecule has 0 radical (unpaired) electrons. The first-order valence-electron chi connectivity index (χ1n) is 6.30. The molecule has 2 rings (SSSR count). The highest BCUT2D eigenvalue weighted by Gasteiger charge is 2.31. The molecule has 0 aromatic rings. The molecular weight excluding hydrogens is 191 g/mol. The molecule has 1 saturated heterocycles. The Morgan fingerprint density at radius 2 is 2.13 bits per heavy atom. The van der Waals surface area contributed by atoms with Gasteiger partial charge in [0.15, 0.2) is 0 Å². The molecule has 1 aliphatic heterocycles. The van der Waals surface area contributed by atoms with Crippen LogP contribution in [0.2, 0.25) is 0 Å². The largest absolute Gasteiger partial charge is 0.311 e. The van der Waals surface area contributed by atoms with Gasteiger partial charge in [-0.2, -0.15) is 0 Å². The molecule has 0 amide bonds. The van der Waals surface area contributed by atoms with E-state index in [1.807, 2.05) is 0 Å². The minimum absolute atomic E-state index is 0.417. The minimum Gasteiger partial charge on any atom is -0.311 e. The van der Waals surface area contributed by atoms with Crippen molar-refractivity contribution in [1.29, 1.82) is 0 Å². The Hall–Kier alpha value is -0.150. The minimum atomic E-state index is -0.608. The van der Waals surface area contributed by atoms with E-state index in [1.165, 1.54) is 12.8 Å². The highest BCUT2D eigenvalue weighted by atomic mass is 19.1. The molecule has 2 aliphatic rings. The van der Waals surface area contributed by atoms with Crippen molar-refractivity contribution in [2.24, 2.45) is 0 Å². The van der Waals surface area contributed by atoms with Crippen LogP contribution in [0.25, 0.3) is 0 Å². The zero-order chi connectivity index (χ0) is 10.8. The number of alkyl halides is 1. The number of hydrogen-bond acceptors (Lipinski definition) is 2. The van der Waals surface area contributed by atoms with Gasteiger partial charge in [-0.3, -0.25) is 4.90 Å². The second-order valence-electron chi connectivity index (χ2n) is 5.29. The summed E-state index contributed by atoms with van der Waals surface area (Å²) in [5.41, 5.74) is 0. The van der Waals surface area contributed by atoms with Gasteiger partial charge in [0.2, 0.25) is 0 Å². The van der Waals surface area contributed by atoms with Gasteiger partial charge in [-0.15, -0.1) is 0 Å². The van der Waals surface area contributed by atoms with Crippen molar-refractivity contribution in [3.05, 3.63) is 0 Å². The van der Waals surface area contributed by atoms with Gasteiger partial charge in [0.25, 0.3) is 0 Å². The zero-order valence-electron chi connectivity index (χ0n) is 9.88. The quantitative estimate of drug-likeness (QED) is 0.752. The van der Waals surface area contributed by atoms with E-state index in [2.05, 4.69) is 24.1 Å². The standard InChI is InChI=1S/C12H23FN2/c1-9(2)15(12-3-4-12)6-5-11-7-10(13)8-14-11/h9-12,14H,3-8H2,1-2H3. The molecule has 1 saturated carbocycles. The van der Waals surface area contributed by atoms with E-state index in [4.69, 9.17) is 0 Å². The molecule has 2 fully saturated rings. The Morgan fingerprint density at radius 1 is 1.40 bits per heavy atom. The second-order valence-corrected chi connectivity index (χ2v) is 5.29. The van der Waals surface area contributed by atoms with Crippen molar-refractivity contribution in [3.8, 4) is 0 Å². The van der Waals surface area contributed by atoms with Gasteiger partial charge < -0.3 is 5.32 Å². The average Bonchev–Trinajstić information content (AvgIpc) is 2.90. The lowest BCUT2D eigenvalue weighted by molar-refractivity contribution is 0.200. The van der Waals surface area contributed by atoms with Gasteiger partial charge >= 0.3 is 0 Å². The fourth-order valence-corrected chi connectivity index (χ4v) is 2.56. The van der Waals surface area contributed by atoms with Crippen molar-refractivity contribution in [3.63, 3.8) is 0 Å². The summed E-state index contributed by atoms with van der Waals surface area (Å²) in [7, 11) is 0. The normalized spacial score (nSPS) is 31.8. The van der Waals surface area contributed by atoms with Crippen LogP contribution in [0.5, 0.6) is 0 Å². The maximum absolute atomic E-state index is 13.0. The summed E-state index contributed by atoms with van der Waals surface area (Å²) in [6.07, 6.45) is 3.94. The number of nitrogens with one attached hydrogen (secondary N) is 1. The third-order valence-electron chi connectivity index (χ3n) is 3.58. The molecule has 3 heteroatoms. The Kier molecular flexibility index (Phi) is 3.62. The molecular formula is C12H23FN2. The number of hydrogen-bond donors (Lipinski definition) is 1. The summed E-state index contributed by atoms with van der Waals surface area (Å²) in [5, 5.41) is 3.26. The highest BCUT2D eigenvalue weighted by molar-refractivity contribution is 4.88. The molecule has 15 heavy (non-hydrogen) atoms. The van der Waals surface area contributed by atoms with Crippen LogP contribution in [-0.4, -0.2) is 42.3 Å². The second kappa shape index (κ2) is 4.79. The summed E-state index contributed by atoms with van der Waals surface area (Å²) in [4.78, 5) is 2.58. The summed E-state index contributed by atoms with van der Waals surface area (Å²) < 4.78 is 13.0. The van der Waals surface area contributed by atoms with Crippen LogP contribution in [-0.2, 0) is 0 Å². The lowest BCUT2D eigenvalue weighted by Gasteiger charge is -2.27. The summed E-state index contributed by atoms with van der Waals surface area (Å²) in [6, 6.07) is 1.88. The van der Waals surface area contributed by atoms with Crippen molar-refractivity contribution in [2.45, 2.75) is 63.8 Å². The fraction of sp³-hybridized carbons (Fsp3) is 1.00. The molecule has 0 bridgehead atoms. The molecule has 88 valence electrons. The molecule has 1 aliphatic carbocycles. The SMILES string of the molecule is CC(C)N(CCC1CC(F)CN1)C1CC1. The van der Waals surface area contributed by atoms with Crippen LogP contribution in [0.1, 0.15) is 39.5 Å². The van der Waals surface area contributed by atoms with Gasteiger partial charge in [-0.05, 0) is 39.5 Å². The van der Waals surface area contributed by atoms with Crippen molar-refractivity contribution in [1.82, 2.24) is 10.2 Å². The lowest BCUT2D eigenvalue weighted by Crippen LogP contribution is -2.36. The Morgan fingerprint density at radius 3 is 2.60 bits per heavy atom. The molecule has 2 unspecified atom stereocenters. The molecule has 1 N–H and O–H groups in total. The average molecular weight is 214 g/mol. The monoisotopic (exact) mass is 214 g/mol. The van der Waals surface area contributed by atoms with E-state index >= 15 is 0 Å². The van der Waals surface area contributed by atoms with E-state index in [1.54, 1.807) is 0 Å². The van der Waals surface area contributed by atoms with E-state index < -0.39 is 6.17 Å². The van der Waals surface area contributed by atoms with Crippen LogP contribution in [0.15, 0.2) is 0 Å². The van der Waals surface area contributed by atoms with Crippen LogP contribution < -0.4 is 5.32 Å². The summed E-state index contributed by atoms with van der Waals surface area (Å²) in [6.45, 7) is 6.22. The van der Waals surface area contributed by atoms with Crippen LogP contribution >= 0.6 is 0 Å². The summed E-state index contributed by atoms with van der Waals surface area (Å²) in [5.74, 6) is 0. The van der Waals surface area contributed by atoms with Crippen molar-refractivity contribution in [2.75, 3.05) is 13.1 Å². The smallest absolute Gasteiger partial charge is 0.114 e. The molecule has 2 atom stereocenters. The fourth-order valence-electron chi connectivity index (χ4n) is 2.56. The molecule has 2 nitrogen and oxygen atoms in total. The summed E-state index contributed by atoms with van der Waals surface area (Å²) >= 11 is 0. The molecule has 0 aromatic carbocycles. The predicted molar refractivity (Wildman–Crippen MR) is 60.8 cm³/mol. The number of rotatable bonds is 5. The van der Waals surface area contributed by atoms with E-state index in [-0.39, 0.29) is 0 Å². The zero-order valence-corrected chi connectivity index (χ0v) is 9.88. The lowest BCUT2D eigenvalue weighted by atomic mass is 10.1. The first kappa shape index (κ1) is 11.3. The highest BCUT2D eigenvalue weighted by Crippen LogP contribution is 2.29. The Bertz CT molecular complexity index is 202. The number of halogens is 1. The number of nitrogens with zero attached hydrogens (tertiary/aromatic N) is 1. The third kappa shape index (κ3) is 3.15. The first-order valence-corrected chi connectivity index (χ1v) is 6.30. The van der Waals surface area contributed by atoms with Crippen LogP contribution in [0, 0.1) is 0 Å². The first-order chi connectivity index (χ1) is 7.16. The van der Waals surface area contributed by atoms with Gasteiger partial charge in [-0.1, -0.05) is 0 Å². The molecule has 0 spiro atoms. The van der Waals surface area contributed by atoms with Crippen LogP contribution in [0.3, 0.4) is 0 Å². The van der Waals surface area contributed by atoms with Crippen LogP contribution in [0.4, 0.5) is 4.39 Å². The Labute approximate surface area is 92.2 Å². The molecule has 0 aromatic heterocycles. The van der Waals surface area contributed by atoms with E-state index in [9.17, 15) is 4.39 Å². The van der Waals surface area contributed by atoms with Gasteiger partial charge in [0.05, 0.1) is 0 Å². The third-order valence-corrected chi connectivity index (χ3v) is 3.58. The Balaban J connectivity index is 1.71. The maximum Gasteiger partial charge on any atom is 0.114 e. The molecule has 1 heterocycles. The predicted octanol–water partition coefficient (Wildman–Crippen LogP) is 1.95. The van der Waals surface area contributed by atoms with Crippen molar-refractivity contribution < 1.29 is 4.39 Å². The maximum atomic E-state index is 13.0.